The van der Waals surface area contributed by atoms with Crippen LogP contribution in [0.3, 0.4) is 0 Å². The maximum absolute atomic E-state index is 13.0. The summed E-state index contributed by atoms with van der Waals surface area (Å²) in [5.74, 6) is -0.168. The lowest BCUT2D eigenvalue weighted by atomic mass is 10.0. The molecule has 0 heterocycles. The highest BCUT2D eigenvalue weighted by atomic mass is 31.2. The van der Waals surface area contributed by atoms with Crippen molar-refractivity contribution >= 4 is 13.7 Å². The zero-order valence-corrected chi connectivity index (χ0v) is 52.3. The normalized spacial score (nSPS) is 14.2. The Morgan fingerprint density at radius 3 is 1.16 bits per heavy atom. The van der Waals surface area contributed by atoms with Gasteiger partial charge in [0.1, 0.15) is 13.2 Å². The molecule has 0 radical (unpaired) electrons. The second-order valence-electron chi connectivity index (χ2n) is 23.4. The van der Waals surface area contributed by atoms with Gasteiger partial charge >= 0.3 is 0 Å². The Labute approximate surface area is 478 Å². The molecule has 3 unspecified atom stereocenters. The largest absolute Gasteiger partial charge is 0.756 e. The van der Waals surface area contributed by atoms with Crippen LogP contribution < -0.4 is 10.2 Å². The summed E-state index contributed by atoms with van der Waals surface area (Å²) in [4.78, 5) is 25.6. The maximum Gasteiger partial charge on any atom is 0.268 e. The fraction of sp³-hybridized carbons (Fsp3) is 0.809. The van der Waals surface area contributed by atoms with E-state index < -0.39 is 20.0 Å². The predicted molar refractivity (Wildman–Crippen MR) is 334 cm³/mol. The molecule has 77 heavy (non-hydrogen) atoms. The SMILES string of the molecule is CC/C=C\C/C=C\C/C=C\C/C=C\C/C=C\C/C=C\CCCCCCCCCCCCC(=O)NC(COP(=O)([O-])OCC[N+](C)(C)C)C(O)CCCCCCCCCCCCCCCCCCCCCCCCCCCC. The van der Waals surface area contributed by atoms with Crippen molar-refractivity contribution < 1.29 is 32.9 Å². The van der Waals surface area contributed by atoms with E-state index in [0.717, 1.165) is 83.5 Å². The number of quaternary nitrogens is 1. The lowest BCUT2D eigenvalue weighted by Crippen LogP contribution is -2.46. The predicted octanol–water partition coefficient (Wildman–Crippen LogP) is 20.0. The van der Waals surface area contributed by atoms with E-state index in [1.54, 1.807) is 0 Å². The zero-order chi connectivity index (χ0) is 56.3. The van der Waals surface area contributed by atoms with Gasteiger partial charge in [0.15, 0.2) is 0 Å². The fourth-order valence-corrected chi connectivity index (χ4v) is 10.4. The molecule has 8 nitrogen and oxygen atoms in total. The topological polar surface area (TPSA) is 108 Å². The molecule has 0 aliphatic heterocycles. The second kappa shape index (κ2) is 58.6. The third-order valence-corrected chi connectivity index (χ3v) is 15.7. The number of carbonyl (C=O) groups excluding carboxylic acids is 1. The lowest BCUT2D eigenvalue weighted by Gasteiger charge is -2.30. The van der Waals surface area contributed by atoms with E-state index in [0.29, 0.717) is 23.9 Å². The minimum Gasteiger partial charge on any atom is -0.756 e. The van der Waals surface area contributed by atoms with Crippen LogP contribution in [0.15, 0.2) is 72.9 Å². The Morgan fingerprint density at radius 1 is 0.468 bits per heavy atom. The van der Waals surface area contributed by atoms with Crippen LogP contribution in [0.2, 0.25) is 0 Å². The minimum atomic E-state index is -4.58. The monoisotopic (exact) mass is 1100 g/mol. The average molecular weight is 1100 g/mol. The number of carbonyl (C=O) groups is 1. The van der Waals surface area contributed by atoms with E-state index in [1.165, 1.54) is 193 Å². The van der Waals surface area contributed by atoms with Crippen LogP contribution in [-0.2, 0) is 18.4 Å². The van der Waals surface area contributed by atoms with Crippen molar-refractivity contribution in [3.63, 3.8) is 0 Å². The molecular formula is C68H127N2O6P. The van der Waals surface area contributed by atoms with Crippen molar-refractivity contribution in [2.24, 2.45) is 0 Å². The number of unbranched alkanes of at least 4 members (excludes halogenated alkanes) is 35. The minimum absolute atomic E-state index is 0.00910. The van der Waals surface area contributed by atoms with Crippen molar-refractivity contribution in [2.45, 2.75) is 315 Å². The molecule has 0 saturated carbocycles. The van der Waals surface area contributed by atoms with Gasteiger partial charge in [-0.1, -0.05) is 305 Å². The number of aliphatic hydroxyl groups is 1. The summed E-state index contributed by atoms with van der Waals surface area (Å²) < 4.78 is 23.5. The van der Waals surface area contributed by atoms with Crippen molar-refractivity contribution in [3.8, 4) is 0 Å². The van der Waals surface area contributed by atoms with Gasteiger partial charge in [0.05, 0.1) is 39.9 Å². The third-order valence-electron chi connectivity index (χ3n) is 14.7. The molecule has 0 fully saturated rings. The van der Waals surface area contributed by atoms with E-state index in [1.807, 2.05) is 21.1 Å². The molecule has 0 rings (SSSR count). The van der Waals surface area contributed by atoms with E-state index in [2.05, 4.69) is 92.1 Å². The van der Waals surface area contributed by atoms with Gasteiger partial charge in [0.25, 0.3) is 7.82 Å². The van der Waals surface area contributed by atoms with Gasteiger partial charge < -0.3 is 28.8 Å². The molecule has 9 heteroatoms. The quantitative estimate of drug-likeness (QED) is 0.0272. The van der Waals surface area contributed by atoms with Gasteiger partial charge in [0, 0.05) is 6.42 Å². The van der Waals surface area contributed by atoms with Gasteiger partial charge in [-0.25, -0.2) is 0 Å². The van der Waals surface area contributed by atoms with Crippen LogP contribution in [0.25, 0.3) is 0 Å². The number of nitrogens with one attached hydrogen (secondary N) is 1. The van der Waals surface area contributed by atoms with Crippen molar-refractivity contribution in [3.05, 3.63) is 72.9 Å². The number of hydrogen-bond acceptors (Lipinski definition) is 6. The Bertz CT molecular complexity index is 1480. The molecule has 2 N–H and O–H groups in total. The Balaban J connectivity index is 4.11. The Hall–Kier alpha value is -2.06. The molecule has 0 aliphatic rings. The number of amides is 1. The van der Waals surface area contributed by atoms with Crippen LogP contribution in [0.4, 0.5) is 0 Å². The number of hydrogen-bond donors (Lipinski definition) is 2. The number of phosphoric acid groups is 1. The molecule has 0 aromatic heterocycles. The zero-order valence-electron chi connectivity index (χ0n) is 51.4. The summed E-state index contributed by atoms with van der Waals surface area (Å²) >= 11 is 0. The molecular weight excluding hydrogens is 972 g/mol. The maximum atomic E-state index is 13.0. The lowest BCUT2D eigenvalue weighted by molar-refractivity contribution is -0.870. The molecule has 0 aromatic rings. The number of rotatable bonds is 60. The first-order chi connectivity index (χ1) is 37.5. The number of nitrogens with zero attached hydrogens (tertiary/aromatic N) is 1. The molecule has 450 valence electrons. The molecule has 3 atom stereocenters. The molecule has 0 aromatic carbocycles. The molecule has 0 bridgehead atoms. The van der Waals surface area contributed by atoms with Gasteiger partial charge in [-0.2, -0.15) is 0 Å². The van der Waals surface area contributed by atoms with Gasteiger partial charge in [-0.15, -0.1) is 0 Å². The third kappa shape index (κ3) is 61.4. The van der Waals surface area contributed by atoms with E-state index in [9.17, 15) is 19.4 Å². The number of likely N-dealkylation sites (N-methyl/N-ethyl adjacent to an activating group) is 1. The van der Waals surface area contributed by atoms with Crippen LogP contribution in [0.1, 0.15) is 303 Å². The average Bonchev–Trinajstić information content (AvgIpc) is 3.39. The van der Waals surface area contributed by atoms with Crippen LogP contribution in [-0.4, -0.2) is 68.5 Å². The number of allylic oxidation sites excluding steroid dienone is 12. The Morgan fingerprint density at radius 2 is 0.792 bits per heavy atom. The van der Waals surface area contributed by atoms with Crippen LogP contribution >= 0.6 is 7.82 Å². The smallest absolute Gasteiger partial charge is 0.268 e. The Kier molecular flexibility index (Phi) is 57.0. The van der Waals surface area contributed by atoms with Gasteiger partial charge in [0.2, 0.25) is 5.91 Å². The second-order valence-corrected chi connectivity index (χ2v) is 24.9. The van der Waals surface area contributed by atoms with Crippen LogP contribution in [0, 0.1) is 0 Å². The molecule has 1 amide bonds. The van der Waals surface area contributed by atoms with E-state index >= 15 is 0 Å². The highest BCUT2D eigenvalue weighted by Crippen LogP contribution is 2.38. The van der Waals surface area contributed by atoms with E-state index in [4.69, 9.17) is 9.05 Å². The molecule has 0 aliphatic carbocycles. The fourth-order valence-electron chi connectivity index (χ4n) is 9.64. The van der Waals surface area contributed by atoms with E-state index in [-0.39, 0.29) is 19.1 Å². The van der Waals surface area contributed by atoms with Crippen molar-refractivity contribution in [1.82, 2.24) is 5.32 Å². The first-order valence-electron chi connectivity index (χ1n) is 32.8. The summed E-state index contributed by atoms with van der Waals surface area (Å²) in [7, 11) is 1.30. The summed E-state index contributed by atoms with van der Waals surface area (Å²) in [6, 6.07) is -0.809. The summed E-state index contributed by atoms with van der Waals surface area (Å²) in [5.41, 5.74) is 0. The van der Waals surface area contributed by atoms with Gasteiger partial charge in [-0.05, 0) is 64.2 Å². The van der Waals surface area contributed by atoms with Crippen molar-refractivity contribution in [1.29, 1.82) is 0 Å². The highest BCUT2D eigenvalue weighted by Gasteiger charge is 2.24. The molecule has 0 saturated heterocycles. The van der Waals surface area contributed by atoms with Crippen molar-refractivity contribution in [2.75, 3.05) is 40.9 Å². The highest BCUT2D eigenvalue weighted by molar-refractivity contribution is 7.45. The number of aliphatic hydroxyl groups excluding tert-OH is 1. The first-order valence-corrected chi connectivity index (χ1v) is 34.2. The summed E-state index contributed by atoms with van der Waals surface area (Å²) in [5, 5.41) is 14.1. The summed E-state index contributed by atoms with van der Waals surface area (Å²) in [6.45, 7) is 4.64. The molecule has 0 spiro atoms. The van der Waals surface area contributed by atoms with Crippen LogP contribution in [0.5, 0.6) is 0 Å². The standard InChI is InChI=1S/C68H127N2O6P/c1-6-8-10-12-14-16-18-20-22-24-26-28-30-32-34-35-36-38-40-42-44-46-48-50-52-54-56-58-60-62-68(72)69-66(65-76-77(73,74)75-64-63-70(3,4)5)67(71)61-59-57-55-53-51-49-47-45-43-41-39-37-33-31-29-27-25-23-21-19-17-15-13-11-9-7-2/h8,10,14,16,20,22,26,28,32,34,36,38,66-67,71H,6-7,9,11-13,15,17-19,21,23-25,27,29-31,33,35,37,39-65H2,1-5H3,(H-,69,72,73,74)/b10-8-,16-14-,22-20-,28-26-,34-32-,38-36-. The first kappa shape index (κ1) is 74.9. The number of phosphoric ester groups is 1. The summed E-state index contributed by atoms with van der Waals surface area (Å²) in [6.07, 6.45) is 81.0. The van der Waals surface area contributed by atoms with Gasteiger partial charge in [-0.3, -0.25) is 9.36 Å².